The fraction of sp³-hybridized carbons (Fsp3) is 0.286. The van der Waals surface area contributed by atoms with Crippen LogP contribution in [-0.4, -0.2) is 25.6 Å². The highest BCUT2D eigenvalue weighted by Crippen LogP contribution is 2.37. The number of nitrogens with zero attached hydrogens (tertiary/aromatic N) is 4. The van der Waals surface area contributed by atoms with Crippen LogP contribution in [0.4, 0.5) is 13.2 Å². The molecular weight excluding hydrogens is 295 g/mol. The highest BCUT2D eigenvalue weighted by molar-refractivity contribution is 5.93. The molecule has 22 heavy (non-hydrogen) atoms. The van der Waals surface area contributed by atoms with Crippen LogP contribution in [-0.2, 0) is 6.18 Å². The standard InChI is InChI=1S/C14H12F3N5/c1-6-7(2)11(19-18-8(6)3)9-4-5-10(14(15,16)17)13-12(9)20-22-21-13/h4-5H,1-3H3,(H,20,21,22). The second-order valence-electron chi connectivity index (χ2n) is 5.06. The lowest BCUT2D eigenvalue weighted by Gasteiger charge is -2.11. The van der Waals surface area contributed by atoms with Gasteiger partial charge in [-0.05, 0) is 44.0 Å². The summed E-state index contributed by atoms with van der Waals surface area (Å²) < 4.78 is 39.0. The number of aryl methyl sites for hydroxylation is 1. The molecule has 0 radical (unpaired) electrons. The summed E-state index contributed by atoms with van der Waals surface area (Å²) in [5, 5.41) is 17.9. The summed E-state index contributed by atoms with van der Waals surface area (Å²) in [6.45, 7) is 5.58. The topological polar surface area (TPSA) is 67.3 Å². The second-order valence-corrected chi connectivity index (χ2v) is 5.06. The Hall–Kier alpha value is -2.51. The molecule has 0 saturated heterocycles. The summed E-state index contributed by atoms with van der Waals surface area (Å²) in [7, 11) is 0. The number of nitrogens with one attached hydrogen (secondary N) is 1. The Morgan fingerprint density at radius 1 is 0.909 bits per heavy atom. The van der Waals surface area contributed by atoms with Gasteiger partial charge in [0.1, 0.15) is 11.0 Å². The van der Waals surface area contributed by atoms with Crippen LogP contribution in [0, 0.1) is 20.8 Å². The average molecular weight is 307 g/mol. The molecule has 114 valence electrons. The number of aromatic nitrogens is 5. The van der Waals surface area contributed by atoms with E-state index < -0.39 is 11.7 Å². The van der Waals surface area contributed by atoms with Gasteiger partial charge in [0.2, 0.25) is 0 Å². The first-order valence-corrected chi connectivity index (χ1v) is 6.52. The van der Waals surface area contributed by atoms with Crippen molar-refractivity contribution in [2.24, 2.45) is 0 Å². The van der Waals surface area contributed by atoms with Gasteiger partial charge in [-0.15, -0.1) is 5.10 Å². The summed E-state index contributed by atoms with van der Waals surface area (Å²) in [4.78, 5) is 0. The van der Waals surface area contributed by atoms with Crippen LogP contribution in [0.25, 0.3) is 22.3 Å². The van der Waals surface area contributed by atoms with Crippen LogP contribution in [0.2, 0.25) is 0 Å². The SMILES string of the molecule is Cc1nnc(-c2ccc(C(F)(F)F)c3n[nH]nc23)c(C)c1C. The Labute approximate surface area is 123 Å². The van der Waals surface area contributed by atoms with Gasteiger partial charge in [-0.1, -0.05) is 0 Å². The molecule has 0 spiro atoms. The molecule has 0 unspecified atom stereocenters. The molecule has 1 aromatic carbocycles. The van der Waals surface area contributed by atoms with Gasteiger partial charge < -0.3 is 0 Å². The lowest BCUT2D eigenvalue weighted by Crippen LogP contribution is -2.06. The van der Waals surface area contributed by atoms with Crippen LogP contribution in [0.5, 0.6) is 0 Å². The van der Waals surface area contributed by atoms with Crippen molar-refractivity contribution in [1.82, 2.24) is 25.6 Å². The highest BCUT2D eigenvalue weighted by Gasteiger charge is 2.34. The number of hydrogen-bond donors (Lipinski definition) is 1. The molecule has 3 rings (SSSR count). The van der Waals surface area contributed by atoms with Gasteiger partial charge >= 0.3 is 6.18 Å². The molecule has 0 aliphatic carbocycles. The van der Waals surface area contributed by atoms with Crippen LogP contribution >= 0.6 is 0 Å². The third-order valence-corrected chi connectivity index (χ3v) is 3.80. The van der Waals surface area contributed by atoms with E-state index in [1.165, 1.54) is 6.07 Å². The smallest absolute Gasteiger partial charge is 0.197 e. The molecule has 1 N–H and O–H groups in total. The molecular formula is C14H12F3N5. The predicted octanol–water partition coefficient (Wildman–Crippen LogP) is 3.36. The molecule has 0 aliphatic rings. The van der Waals surface area contributed by atoms with Gasteiger partial charge in [-0.2, -0.15) is 33.7 Å². The minimum atomic E-state index is -4.49. The molecule has 0 fully saturated rings. The number of halogens is 3. The van der Waals surface area contributed by atoms with Crippen LogP contribution < -0.4 is 0 Å². The number of rotatable bonds is 1. The Bertz CT molecular complexity index is 867. The van der Waals surface area contributed by atoms with E-state index in [4.69, 9.17) is 0 Å². The second kappa shape index (κ2) is 4.75. The maximum Gasteiger partial charge on any atom is 0.418 e. The molecule has 2 aromatic heterocycles. The van der Waals surface area contributed by atoms with E-state index in [1.54, 1.807) is 0 Å². The van der Waals surface area contributed by atoms with E-state index >= 15 is 0 Å². The van der Waals surface area contributed by atoms with Gasteiger partial charge in [-0.3, -0.25) is 0 Å². The summed E-state index contributed by atoms with van der Waals surface area (Å²) in [6, 6.07) is 2.36. The van der Waals surface area contributed by atoms with Crippen molar-refractivity contribution < 1.29 is 13.2 Å². The zero-order chi connectivity index (χ0) is 16.1. The van der Waals surface area contributed by atoms with Crippen molar-refractivity contribution in [2.45, 2.75) is 26.9 Å². The van der Waals surface area contributed by atoms with E-state index in [-0.39, 0.29) is 11.0 Å². The largest absolute Gasteiger partial charge is 0.418 e. The minimum absolute atomic E-state index is 0.135. The first kappa shape index (κ1) is 14.4. The Morgan fingerprint density at radius 2 is 1.59 bits per heavy atom. The third-order valence-electron chi connectivity index (χ3n) is 3.80. The van der Waals surface area contributed by atoms with Gasteiger partial charge in [0.25, 0.3) is 0 Å². The molecule has 3 aromatic rings. The van der Waals surface area contributed by atoms with E-state index in [1.807, 2.05) is 20.8 Å². The molecule has 0 aliphatic heterocycles. The van der Waals surface area contributed by atoms with E-state index in [2.05, 4.69) is 25.6 Å². The minimum Gasteiger partial charge on any atom is -0.197 e. The van der Waals surface area contributed by atoms with Crippen LogP contribution in [0.3, 0.4) is 0 Å². The zero-order valence-electron chi connectivity index (χ0n) is 12.1. The van der Waals surface area contributed by atoms with Crippen LogP contribution in [0.15, 0.2) is 12.1 Å². The Kier molecular flexibility index (Phi) is 3.12. The average Bonchev–Trinajstić information content (AvgIpc) is 2.92. The maximum absolute atomic E-state index is 13.0. The van der Waals surface area contributed by atoms with Crippen molar-refractivity contribution in [3.8, 4) is 11.3 Å². The van der Waals surface area contributed by atoms with Gasteiger partial charge in [0.15, 0.2) is 0 Å². The number of benzene rings is 1. The Balaban J connectivity index is 2.31. The third kappa shape index (κ3) is 2.11. The van der Waals surface area contributed by atoms with Crippen LogP contribution in [0.1, 0.15) is 22.4 Å². The lowest BCUT2D eigenvalue weighted by atomic mass is 10.00. The number of H-pyrrole nitrogens is 1. The van der Waals surface area contributed by atoms with E-state index in [9.17, 15) is 13.2 Å². The first-order valence-electron chi connectivity index (χ1n) is 6.52. The fourth-order valence-corrected chi connectivity index (χ4v) is 2.33. The molecule has 8 heteroatoms. The summed E-state index contributed by atoms with van der Waals surface area (Å²) >= 11 is 0. The predicted molar refractivity (Wildman–Crippen MR) is 74.1 cm³/mol. The van der Waals surface area contributed by atoms with Crippen molar-refractivity contribution >= 4 is 11.0 Å². The number of fused-ring (bicyclic) bond motifs is 1. The molecule has 0 bridgehead atoms. The van der Waals surface area contributed by atoms with Crippen molar-refractivity contribution in [3.05, 3.63) is 34.5 Å². The van der Waals surface area contributed by atoms with Crippen molar-refractivity contribution in [3.63, 3.8) is 0 Å². The monoisotopic (exact) mass is 307 g/mol. The van der Waals surface area contributed by atoms with E-state index in [0.717, 1.165) is 22.9 Å². The van der Waals surface area contributed by atoms with Gasteiger partial charge in [0.05, 0.1) is 17.0 Å². The number of hydrogen-bond acceptors (Lipinski definition) is 4. The molecule has 2 heterocycles. The molecule has 0 amide bonds. The first-order chi connectivity index (χ1) is 10.3. The summed E-state index contributed by atoms with van der Waals surface area (Å²) in [5.41, 5.74) is 2.66. The highest BCUT2D eigenvalue weighted by atomic mass is 19.4. The summed E-state index contributed by atoms with van der Waals surface area (Å²) in [6.07, 6.45) is -4.49. The van der Waals surface area contributed by atoms with Crippen molar-refractivity contribution in [2.75, 3.05) is 0 Å². The molecule has 5 nitrogen and oxygen atoms in total. The number of alkyl halides is 3. The zero-order valence-corrected chi connectivity index (χ0v) is 12.1. The normalized spacial score (nSPS) is 12.1. The number of aromatic amines is 1. The van der Waals surface area contributed by atoms with Gasteiger partial charge in [0, 0.05) is 5.56 Å². The Morgan fingerprint density at radius 3 is 2.27 bits per heavy atom. The quantitative estimate of drug-likeness (QED) is 0.748. The summed E-state index contributed by atoms with van der Waals surface area (Å²) in [5.74, 6) is 0. The fourth-order valence-electron chi connectivity index (χ4n) is 2.33. The lowest BCUT2D eigenvalue weighted by molar-refractivity contribution is -0.136. The van der Waals surface area contributed by atoms with Crippen molar-refractivity contribution in [1.29, 1.82) is 0 Å². The van der Waals surface area contributed by atoms with E-state index in [0.29, 0.717) is 11.3 Å². The van der Waals surface area contributed by atoms with Gasteiger partial charge in [-0.25, -0.2) is 0 Å². The maximum atomic E-state index is 13.0. The molecule has 0 saturated carbocycles. The molecule has 0 atom stereocenters.